The molecule has 0 aliphatic carbocycles. The molecule has 0 aromatic rings. The first-order chi connectivity index (χ1) is 7.91. The van der Waals surface area contributed by atoms with E-state index in [0.29, 0.717) is 0 Å². The molecule has 0 atom stereocenters. The normalized spacial score (nSPS) is 11.9. The molecule has 0 aliphatic rings. The maximum Gasteiger partial charge on any atom is 0.00313 e. The lowest BCUT2D eigenvalue weighted by atomic mass is 10.1. The summed E-state index contributed by atoms with van der Waals surface area (Å²) in [4.78, 5) is 0. The second kappa shape index (κ2) is 15.0. The summed E-state index contributed by atoms with van der Waals surface area (Å²) in [5.41, 5.74) is 0. The summed E-state index contributed by atoms with van der Waals surface area (Å²) >= 11 is 3.47. The lowest BCUT2D eigenvalue weighted by molar-refractivity contribution is 0.594. The molecule has 0 radical (unpaired) electrons. The number of hydrogen-bond donors (Lipinski definition) is 0. The molecular formula is C15H27Br. The minimum Gasteiger partial charge on any atom is -0.0928 e. The van der Waals surface area contributed by atoms with Crippen LogP contribution in [-0.4, -0.2) is 5.33 Å². The van der Waals surface area contributed by atoms with Crippen molar-refractivity contribution in [3.05, 3.63) is 24.3 Å². The molecule has 16 heavy (non-hydrogen) atoms. The van der Waals surface area contributed by atoms with Gasteiger partial charge in [-0.25, -0.2) is 0 Å². The van der Waals surface area contributed by atoms with Crippen LogP contribution >= 0.6 is 15.9 Å². The van der Waals surface area contributed by atoms with Crippen molar-refractivity contribution in [2.24, 2.45) is 0 Å². The first-order valence-electron chi connectivity index (χ1n) is 6.79. The molecule has 0 heterocycles. The zero-order valence-electron chi connectivity index (χ0n) is 10.8. The topological polar surface area (TPSA) is 0 Å². The number of hydrogen-bond acceptors (Lipinski definition) is 0. The van der Waals surface area contributed by atoms with Gasteiger partial charge in [0.05, 0.1) is 0 Å². The van der Waals surface area contributed by atoms with Gasteiger partial charge in [0.1, 0.15) is 0 Å². The van der Waals surface area contributed by atoms with Gasteiger partial charge in [-0.3, -0.25) is 0 Å². The Morgan fingerprint density at radius 3 is 1.94 bits per heavy atom. The van der Waals surface area contributed by atoms with Crippen LogP contribution in [0.5, 0.6) is 0 Å². The lowest BCUT2D eigenvalue weighted by Crippen LogP contribution is -1.80. The SMILES string of the molecule is CC/C=C\C=C/CCCCCCCCCBr. The van der Waals surface area contributed by atoms with Gasteiger partial charge in [0, 0.05) is 5.33 Å². The maximum atomic E-state index is 3.47. The average Bonchev–Trinajstić information content (AvgIpc) is 2.31. The molecule has 0 aliphatic heterocycles. The highest BCUT2D eigenvalue weighted by molar-refractivity contribution is 9.09. The van der Waals surface area contributed by atoms with Crippen molar-refractivity contribution in [1.82, 2.24) is 0 Å². The first-order valence-corrected chi connectivity index (χ1v) is 7.91. The summed E-state index contributed by atoms with van der Waals surface area (Å²) in [6.45, 7) is 2.17. The van der Waals surface area contributed by atoms with E-state index < -0.39 is 0 Å². The van der Waals surface area contributed by atoms with Crippen LogP contribution in [0.4, 0.5) is 0 Å². The van der Waals surface area contributed by atoms with Crippen LogP contribution < -0.4 is 0 Å². The fourth-order valence-electron chi connectivity index (χ4n) is 1.63. The lowest BCUT2D eigenvalue weighted by Gasteiger charge is -1.99. The molecule has 0 amide bonds. The van der Waals surface area contributed by atoms with Crippen molar-refractivity contribution in [2.45, 2.75) is 64.7 Å². The fourth-order valence-corrected chi connectivity index (χ4v) is 2.03. The molecule has 0 rings (SSSR count). The molecule has 0 saturated carbocycles. The zero-order chi connectivity index (χ0) is 11.9. The average molecular weight is 287 g/mol. The fraction of sp³-hybridized carbons (Fsp3) is 0.733. The van der Waals surface area contributed by atoms with E-state index in [1.54, 1.807) is 0 Å². The van der Waals surface area contributed by atoms with Crippen molar-refractivity contribution in [3.8, 4) is 0 Å². The van der Waals surface area contributed by atoms with Gasteiger partial charge in [0.15, 0.2) is 0 Å². The van der Waals surface area contributed by atoms with E-state index >= 15 is 0 Å². The minimum atomic E-state index is 1.14. The maximum absolute atomic E-state index is 3.47. The Balaban J connectivity index is 3.03. The van der Waals surface area contributed by atoms with Crippen molar-refractivity contribution in [3.63, 3.8) is 0 Å². The summed E-state index contributed by atoms with van der Waals surface area (Å²) in [5.74, 6) is 0. The molecule has 0 spiro atoms. The molecule has 0 aromatic heterocycles. The quantitative estimate of drug-likeness (QED) is 0.247. The number of allylic oxidation sites excluding steroid dienone is 4. The third-order valence-electron chi connectivity index (χ3n) is 2.62. The van der Waals surface area contributed by atoms with E-state index in [0.717, 1.165) is 6.42 Å². The highest BCUT2D eigenvalue weighted by atomic mass is 79.9. The second-order valence-corrected chi connectivity index (χ2v) is 5.01. The summed E-state index contributed by atoms with van der Waals surface area (Å²) in [6, 6.07) is 0. The van der Waals surface area contributed by atoms with Crippen LogP contribution in [0.2, 0.25) is 0 Å². The van der Waals surface area contributed by atoms with Gasteiger partial charge in [-0.2, -0.15) is 0 Å². The van der Waals surface area contributed by atoms with Gasteiger partial charge in [0.25, 0.3) is 0 Å². The second-order valence-electron chi connectivity index (χ2n) is 4.22. The van der Waals surface area contributed by atoms with E-state index in [2.05, 4.69) is 47.2 Å². The van der Waals surface area contributed by atoms with Crippen LogP contribution in [0, 0.1) is 0 Å². The standard InChI is InChI=1S/C15H27Br/c1-2-3-4-5-6-7-8-9-10-11-12-13-14-15-16/h3-6H,2,7-15H2,1H3/b4-3-,6-5-. The Morgan fingerprint density at radius 2 is 1.31 bits per heavy atom. The molecule has 0 bridgehead atoms. The zero-order valence-corrected chi connectivity index (χ0v) is 12.3. The summed E-state index contributed by atoms with van der Waals surface area (Å²) in [6.07, 6.45) is 20.9. The molecule has 1 heteroatoms. The minimum absolute atomic E-state index is 1.14. The number of alkyl halides is 1. The molecule has 94 valence electrons. The molecule has 0 saturated heterocycles. The van der Waals surface area contributed by atoms with Crippen LogP contribution in [-0.2, 0) is 0 Å². The van der Waals surface area contributed by atoms with Crippen molar-refractivity contribution < 1.29 is 0 Å². The molecule has 0 aromatic carbocycles. The number of unbranched alkanes of at least 4 members (excludes halogenated alkanes) is 7. The van der Waals surface area contributed by atoms with Gasteiger partial charge in [-0.15, -0.1) is 0 Å². The van der Waals surface area contributed by atoms with Gasteiger partial charge in [0.2, 0.25) is 0 Å². The molecule has 0 fully saturated rings. The van der Waals surface area contributed by atoms with Gasteiger partial charge >= 0.3 is 0 Å². The Hall–Kier alpha value is -0.0400. The van der Waals surface area contributed by atoms with Gasteiger partial charge < -0.3 is 0 Å². The Kier molecular flexibility index (Phi) is 14.9. The Morgan fingerprint density at radius 1 is 0.750 bits per heavy atom. The highest BCUT2D eigenvalue weighted by Crippen LogP contribution is 2.09. The third kappa shape index (κ3) is 14.0. The van der Waals surface area contributed by atoms with E-state index in [4.69, 9.17) is 0 Å². The Labute approximate surface area is 110 Å². The highest BCUT2D eigenvalue weighted by Gasteiger charge is 1.90. The third-order valence-corrected chi connectivity index (χ3v) is 3.18. The molecule has 0 unspecified atom stereocenters. The van der Waals surface area contributed by atoms with Crippen LogP contribution in [0.15, 0.2) is 24.3 Å². The van der Waals surface area contributed by atoms with Gasteiger partial charge in [-0.1, -0.05) is 79.3 Å². The number of halogens is 1. The molecule has 0 N–H and O–H groups in total. The van der Waals surface area contributed by atoms with Crippen LogP contribution in [0.3, 0.4) is 0 Å². The van der Waals surface area contributed by atoms with E-state index in [1.807, 2.05) is 0 Å². The predicted octanol–water partition coefficient (Wildman–Crippen LogP) is 6.02. The van der Waals surface area contributed by atoms with E-state index in [-0.39, 0.29) is 0 Å². The molecular weight excluding hydrogens is 260 g/mol. The number of rotatable bonds is 11. The van der Waals surface area contributed by atoms with Crippen molar-refractivity contribution in [2.75, 3.05) is 5.33 Å². The first kappa shape index (κ1) is 16.0. The van der Waals surface area contributed by atoms with Crippen LogP contribution in [0.1, 0.15) is 64.7 Å². The van der Waals surface area contributed by atoms with Crippen molar-refractivity contribution in [1.29, 1.82) is 0 Å². The van der Waals surface area contributed by atoms with Crippen LogP contribution in [0.25, 0.3) is 0 Å². The largest absolute Gasteiger partial charge is 0.0928 e. The summed E-state index contributed by atoms with van der Waals surface area (Å²) < 4.78 is 0. The van der Waals surface area contributed by atoms with Gasteiger partial charge in [-0.05, 0) is 25.7 Å². The summed E-state index contributed by atoms with van der Waals surface area (Å²) in [7, 11) is 0. The van der Waals surface area contributed by atoms with Crippen molar-refractivity contribution >= 4 is 15.9 Å². The van der Waals surface area contributed by atoms with E-state index in [1.165, 1.54) is 56.7 Å². The van der Waals surface area contributed by atoms with E-state index in [9.17, 15) is 0 Å². The summed E-state index contributed by atoms with van der Waals surface area (Å²) in [5, 5.41) is 1.17. The molecule has 0 nitrogen and oxygen atoms in total. The Bertz CT molecular complexity index is 170. The predicted molar refractivity (Wildman–Crippen MR) is 79.3 cm³/mol. The monoisotopic (exact) mass is 286 g/mol. The smallest absolute Gasteiger partial charge is 0.00313 e.